The van der Waals surface area contributed by atoms with Crippen molar-refractivity contribution in [2.75, 3.05) is 6.54 Å². The van der Waals surface area contributed by atoms with Gasteiger partial charge in [0.1, 0.15) is 0 Å². The van der Waals surface area contributed by atoms with Crippen molar-refractivity contribution in [3.63, 3.8) is 0 Å². The lowest BCUT2D eigenvalue weighted by Gasteiger charge is -2.19. The minimum Gasteiger partial charge on any atom is -0.312 e. The van der Waals surface area contributed by atoms with Gasteiger partial charge >= 0.3 is 6.18 Å². The summed E-state index contributed by atoms with van der Waals surface area (Å²) in [5, 5.41) is 3.24. The van der Waals surface area contributed by atoms with Gasteiger partial charge < -0.3 is 5.32 Å². The second-order valence-electron chi connectivity index (χ2n) is 5.06. The fraction of sp³-hybridized carbons (Fsp3) is 0.333. The molecule has 110 valence electrons. The van der Waals surface area contributed by atoms with E-state index in [-0.39, 0.29) is 0 Å². The van der Waals surface area contributed by atoms with Crippen LogP contribution in [-0.4, -0.2) is 16.5 Å². The molecule has 1 aliphatic rings. The van der Waals surface area contributed by atoms with E-state index < -0.39 is 11.7 Å². The minimum absolute atomic E-state index is 0.360. The van der Waals surface area contributed by atoms with E-state index >= 15 is 0 Å². The van der Waals surface area contributed by atoms with E-state index in [4.69, 9.17) is 0 Å². The van der Waals surface area contributed by atoms with E-state index in [1.807, 2.05) is 6.92 Å². The molecule has 0 amide bonds. The molecule has 1 N–H and O–H groups in total. The highest BCUT2D eigenvalue weighted by molar-refractivity contribution is 5.57. The van der Waals surface area contributed by atoms with Gasteiger partial charge in [-0.2, -0.15) is 13.2 Å². The van der Waals surface area contributed by atoms with Crippen LogP contribution in [0, 0.1) is 6.92 Å². The van der Waals surface area contributed by atoms with Crippen molar-refractivity contribution in [1.82, 2.24) is 15.3 Å². The minimum atomic E-state index is -4.36. The first-order valence-corrected chi connectivity index (χ1v) is 6.70. The number of benzene rings is 1. The molecule has 2 heterocycles. The predicted octanol–water partition coefficient (Wildman–Crippen LogP) is 3.12. The molecule has 0 fully saturated rings. The zero-order valence-electron chi connectivity index (χ0n) is 11.5. The molecule has 1 aromatic carbocycles. The van der Waals surface area contributed by atoms with Crippen molar-refractivity contribution in [1.29, 1.82) is 0 Å². The van der Waals surface area contributed by atoms with Crippen LogP contribution >= 0.6 is 0 Å². The molecule has 0 bridgehead atoms. The molecule has 0 unspecified atom stereocenters. The van der Waals surface area contributed by atoms with Gasteiger partial charge in [-0.3, -0.25) is 0 Å². The van der Waals surface area contributed by atoms with Crippen LogP contribution < -0.4 is 5.32 Å². The second kappa shape index (κ2) is 5.11. The average Bonchev–Trinajstić information content (AvgIpc) is 2.46. The SMILES string of the molecule is Cc1nc(-c2cccc(C(F)(F)F)c2)nc2c1CNCC2. The first kappa shape index (κ1) is 14.0. The Morgan fingerprint density at radius 3 is 2.76 bits per heavy atom. The number of rotatable bonds is 1. The molecule has 1 aliphatic heterocycles. The highest BCUT2D eigenvalue weighted by atomic mass is 19.4. The van der Waals surface area contributed by atoms with Gasteiger partial charge in [0.05, 0.1) is 11.3 Å². The average molecular weight is 293 g/mol. The smallest absolute Gasteiger partial charge is 0.312 e. The van der Waals surface area contributed by atoms with E-state index in [0.29, 0.717) is 17.9 Å². The number of hydrogen-bond donors (Lipinski definition) is 1. The quantitative estimate of drug-likeness (QED) is 0.878. The molecule has 0 saturated heterocycles. The van der Waals surface area contributed by atoms with Gasteiger partial charge in [-0.15, -0.1) is 0 Å². The van der Waals surface area contributed by atoms with Gasteiger partial charge in [-0.25, -0.2) is 9.97 Å². The van der Waals surface area contributed by atoms with Crippen molar-refractivity contribution >= 4 is 0 Å². The van der Waals surface area contributed by atoms with Gasteiger partial charge in [-0.1, -0.05) is 12.1 Å². The Morgan fingerprint density at radius 1 is 1.19 bits per heavy atom. The fourth-order valence-electron chi connectivity index (χ4n) is 2.48. The van der Waals surface area contributed by atoms with E-state index in [1.165, 1.54) is 6.07 Å². The summed E-state index contributed by atoms with van der Waals surface area (Å²) in [6, 6.07) is 5.15. The molecular formula is C15H14F3N3. The predicted molar refractivity (Wildman–Crippen MR) is 72.6 cm³/mol. The van der Waals surface area contributed by atoms with Crippen LogP contribution in [0.15, 0.2) is 24.3 Å². The lowest BCUT2D eigenvalue weighted by Crippen LogP contribution is -2.26. The number of fused-ring (bicyclic) bond motifs is 1. The second-order valence-corrected chi connectivity index (χ2v) is 5.06. The van der Waals surface area contributed by atoms with Crippen LogP contribution in [0.4, 0.5) is 13.2 Å². The molecule has 0 saturated carbocycles. The molecule has 0 spiro atoms. The number of alkyl halides is 3. The molecule has 2 aromatic rings. The van der Waals surface area contributed by atoms with E-state index in [1.54, 1.807) is 6.07 Å². The van der Waals surface area contributed by atoms with Crippen molar-refractivity contribution < 1.29 is 13.2 Å². The number of aryl methyl sites for hydroxylation is 1. The van der Waals surface area contributed by atoms with E-state index in [2.05, 4.69) is 15.3 Å². The largest absolute Gasteiger partial charge is 0.416 e. The maximum atomic E-state index is 12.8. The normalized spacial score (nSPS) is 14.9. The van der Waals surface area contributed by atoms with Crippen molar-refractivity contribution in [2.24, 2.45) is 0 Å². The molecule has 6 heteroatoms. The zero-order valence-corrected chi connectivity index (χ0v) is 11.5. The van der Waals surface area contributed by atoms with Crippen LogP contribution in [0.2, 0.25) is 0 Å². The molecule has 0 aliphatic carbocycles. The molecule has 3 nitrogen and oxygen atoms in total. The molecule has 1 aromatic heterocycles. The highest BCUT2D eigenvalue weighted by Crippen LogP contribution is 2.31. The molecule has 0 atom stereocenters. The lowest BCUT2D eigenvalue weighted by atomic mass is 10.0. The summed E-state index contributed by atoms with van der Waals surface area (Å²) in [7, 11) is 0. The number of halogens is 3. The first-order chi connectivity index (χ1) is 9.95. The third-order valence-corrected chi connectivity index (χ3v) is 3.59. The Hall–Kier alpha value is -1.95. The van der Waals surface area contributed by atoms with Gasteiger partial charge in [0.25, 0.3) is 0 Å². The third-order valence-electron chi connectivity index (χ3n) is 3.59. The topological polar surface area (TPSA) is 37.8 Å². The van der Waals surface area contributed by atoms with Gasteiger partial charge in [0, 0.05) is 36.3 Å². The van der Waals surface area contributed by atoms with Crippen LogP contribution in [0.5, 0.6) is 0 Å². The summed E-state index contributed by atoms with van der Waals surface area (Å²) in [5.74, 6) is 0.360. The Balaban J connectivity index is 2.07. The van der Waals surface area contributed by atoms with Gasteiger partial charge in [0.2, 0.25) is 0 Å². The summed E-state index contributed by atoms with van der Waals surface area (Å²) < 4.78 is 38.4. The monoisotopic (exact) mass is 293 g/mol. The van der Waals surface area contributed by atoms with E-state index in [0.717, 1.165) is 42.0 Å². The zero-order chi connectivity index (χ0) is 15.0. The number of aromatic nitrogens is 2. The Morgan fingerprint density at radius 2 is 2.00 bits per heavy atom. The van der Waals surface area contributed by atoms with Crippen molar-refractivity contribution in [3.8, 4) is 11.4 Å². The Bertz CT molecular complexity index is 680. The summed E-state index contributed by atoms with van der Waals surface area (Å²) in [6.45, 7) is 3.40. The van der Waals surface area contributed by atoms with Crippen LogP contribution in [0.25, 0.3) is 11.4 Å². The van der Waals surface area contributed by atoms with Gasteiger partial charge in [-0.05, 0) is 19.1 Å². The maximum Gasteiger partial charge on any atom is 0.416 e. The molecular weight excluding hydrogens is 279 g/mol. The Labute approximate surface area is 120 Å². The number of nitrogens with zero attached hydrogens (tertiary/aromatic N) is 2. The van der Waals surface area contributed by atoms with Crippen LogP contribution in [0.1, 0.15) is 22.5 Å². The summed E-state index contributed by atoms with van der Waals surface area (Å²) in [5.41, 5.74) is 2.51. The molecule has 3 rings (SSSR count). The molecule has 21 heavy (non-hydrogen) atoms. The highest BCUT2D eigenvalue weighted by Gasteiger charge is 2.30. The lowest BCUT2D eigenvalue weighted by molar-refractivity contribution is -0.137. The van der Waals surface area contributed by atoms with Gasteiger partial charge in [0.15, 0.2) is 5.82 Å². The third kappa shape index (κ3) is 2.76. The number of nitrogens with one attached hydrogen (secondary N) is 1. The summed E-state index contributed by atoms with van der Waals surface area (Å²) >= 11 is 0. The van der Waals surface area contributed by atoms with Crippen LogP contribution in [-0.2, 0) is 19.1 Å². The van der Waals surface area contributed by atoms with E-state index in [9.17, 15) is 13.2 Å². The summed E-state index contributed by atoms with van der Waals surface area (Å²) in [6.07, 6.45) is -3.59. The first-order valence-electron chi connectivity index (χ1n) is 6.70. The fourth-order valence-corrected chi connectivity index (χ4v) is 2.48. The standard InChI is InChI=1S/C15H14F3N3/c1-9-12-8-19-6-5-13(12)21-14(20-9)10-3-2-4-11(7-10)15(16,17)18/h2-4,7,19H,5-6,8H2,1H3. The number of hydrogen-bond acceptors (Lipinski definition) is 3. The van der Waals surface area contributed by atoms with Crippen molar-refractivity contribution in [2.45, 2.75) is 26.1 Å². The molecule has 0 radical (unpaired) electrons. The maximum absolute atomic E-state index is 12.8. The van der Waals surface area contributed by atoms with Crippen molar-refractivity contribution in [3.05, 3.63) is 46.8 Å². The Kier molecular flexibility index (Phi) is 3.41. The van der Waals surface area contributed by atoms with Crippen LogP contribution in [0.3, 0.4) is 0 Å². The summed E-state index contributed by atoms with van der Waals surface area (Å²) in [4.78, 5) is 8.81.